The second-order valence-electron chi connectivity index (χ2n) is 5.03. The lowest BCUT2D eigenvalue weighted by Crippen LogP contribution is -2.30. The topological polar surface area (TPSA) is 20.2 Å². The molecule has 2 heteroatoms. The molecule has 0 fully saturated rings. The fourth-order valence-corrected chi connectivity index (χ4v) is 2.85. The predicted octanol–water partition coefficient (Wildman–Crippen LogP) is 3.36. The van der Waals surface area contributed by atoms with E-state index in [4.69, 9.17) is 0 Å². The lowest BCUT2D eigenvalue weighted by Gasteiger charge is -2.36. The van der Waals surface area contributed by atoms with Crippen molar-refractivity contribution >= 4 is 0 Å². The fraction of sp³-hybridized carbons (Fsp3) is 0.467. The van der Waals surface area contributed by atoms with Gasteiger partial charge in [0.15, 0.2) is 0 Å². The zero-order valence-electron chi connectivity index (χ0n) is 10.3. The van der Waals surface area contributed by atoms with Crippen molar-refractivity contribution < 1.29 is 9.50 Å². The Morgan fingerprint density at radius 2 is 1.65 bits per heavy atom. The lowest BCUT2D eigenvalue weighted by atomic mass is 9.69. The van der Waals surface area contributed by atoms with Crippen LogP contribution in [0.25, 0.3) is 0 Å². The van der Waals surface area contributed by atoms with Crippen molar-refractivity contribution in [2.24, 2.45) is 17.8 Å². The third-order valence-corrected chi connectivity index (χ3v) is 3.89. The van der Waals surface area contributed by atoms with Gasteiger partial charge in [-0.25, -0.2) is 4.39 Å². The van der Waals surface area contributed by atoms with E-state index in [2.05, 4.69) is 26.0 Å². The molecule has 0 amide bonds. The van der Waals surface area contributed by atoms with Crippen molar-refractivity contribution in [2.45, 2.75) is 19.8 Å². The zero-order chi connectivity index (χ0) is 12.4. The van der Waals surface area contributed by atoms with Crippen LogP contribution in [0.2, 0.25) is 0 Å². The average Bonchev–Trinajstić information content (AvgIpc) is 2.33. The Hall–Kier alpha value is -1.15. The van der Waals surface area contributed by atoms with Crippen molar-refractivity contribution in [3.63, 3.8) is 0 Å². The summed E-state index contributed by atoms with van der Waals surface area (Å²) in [4.78, 5) is 0. The van der Waals surface area contributed by atoms with E-state index in [1.165, 1.54) is 12.1 Å². The summed E-state index contributed by atoms with van der Waals surface area (Å²) in [7, 11) is 0. The van der Waals surface area contributed by atoms with Gasteiger partial charge in [-0.1, -0.05) is 38.1 Å². The molecule has 0 spiro atoms. The number of aliphatic hydroxyl groups is 1. The third-order valence-electron chi connectivity index (χ3n) is 3.89. The van der Waals surface area contributed by atoms with Gasteiger partial charge in [0.05, 0.1) is 0 Å². The van der Waals surface area contributed by atoms with Crippen molar-refractivity contribution in [1.29, 1.82) is 0 Å². The summed E-state index contributed by atoms with van der Waals surface area (Å²) in [5, 5.41) is 9.56. The van der Waals surface area contributed by atoms with Crippen LogP contribution in [0.4, 0.5) is 4.39 Å². The summed E-state index contributed by atoms with van der Waals surface area (Å²) >= 11 is 0. The van der Waals surface area contributed by atoms with Gasteiger partial charge in [-0.05, 0) is 41.4 Å². The monoisotopic (exact) mass is 234 g/mol. The van der Waals surface area contributed by atoms with Gasteiger partial charge in [0.2, 0.25) is 0 Å². The minimum absolute atomic E-state index is 0.178. The molecule has 1 aromatic carbocycles. The van der Waals surface area contributed by atoms with Gasteiger partial charge in [-0.2, -0.15) is 0 Å². The maximum atomic E-state index is 12.9. The highest BCUT2D eigenvalue weighted by molar-refractivity contribution is 5.25. The fourth-order valence-electron chi connectivity index (χ4n) is 2.85. The molecule has 17 heavy (non-hydrogen) atoms. The molecule has 0 aromatic heterocycles. The van der Waals surface area contributed by atoms with Crippen molar-refractivity contribution in [1.82, 2.24) is 0 Å². The normalized spacial score (nSPS) is 32.7. The number of hydrogen-bond acceptors (Lipinski definition) is 1. The molecule has 1 aliphatic rings. The minimum Gasteiger partial charge on any atom is -0.396 e. The Balaban J connectivity index is 2.34. The first-order chi connectivity index (χ1) is 8.13. The molecule has 0 unspecified atom stereocenters. The average molecular weight is 234 g/mol. The Morgan fingerprint density at radius 1 is 1.06 bits per heavy atom. The second-order valence-corrected chi connectivity index (χ2v) is 5.03. The molecule has 0 bridgehead atoms. The number of allylic oxidation sites excluding steroid dienone is 2. The maximum absolute atomic E-state index is 12.9. The van der Waals surface area contributed by atoms with Crippen LogP contribution >= 0.6 is 0 Å². The first-order valence-corrected chi connectivity index (χ1v) is 6.18. The SMILES string of the molecule is C[C@@H]1C=C[C@H](C)[C@@H](CO)[C@@H]1c1ccc(F)cc1. The molecule has 1 N–H and O–H groups in total. The van der Waals surface area contributed by atoms with Crippen LogP contribution in [0.5, 0.6) is 0 Å². The van der Waals surface area contributed by atoms with Crippen LogP contribution in [-0.4, -0.2) is 11.7 Å². The first kappa shape index (κ1) is 12.3. The van der Waals surface area contributed by atoms with E-state index in [1.54, 1.807) is 0 Å². The van der Waals surface area contributed by atoms with E-state index in [1.807, 2.05) is 12.1 Å². The zero-order valence-corrected chi connectivity index (χ0v) is 10.3. The van der Waals surface area contributed by atoms with E-state index in [-0.39, 0.29) is 24.3 Å². The number of halogens is 1. The first-order valence-electron chi connectivity index (χ1n) is 6.18. The highest BCUT2D eigenvalue weighted by Crippen LogP contribution is 2.40. The molecule has 0 heterocycles. The summed E-state index contributed by atoms with van der Waals surface area (Å²) in [6, 6.07) is 6.68. The standard InChI is InChI=1S/C15H19FO/c1-10-3-4-11(2)15(14(10)9-17)12-5-7-13(16)8-6-12/h3-8,10-11,14-15,17H,9H2,1-2H3/t10-,11+,14+,15-/m0/s1. The van der Waals surface area contributed by atoms with Gasteiger partial charge in [0, 0.05) is 6.61 Å². The van der Waals surface area contributed by atoms with Crippen LogP contribution < -0.4 is 0 Å². The number of hydrogen-bond donors (Lipinski definition) is 1. The summed E-state index contributed by atoms with van der Waals surface area (Å²) in [5.74, 6) is 1.04. The molecular formula is C15H19FO. The summed E-state index contributed by atoms with van der Waals surface area (Å²) in [6.45, 7) is 4.46. The molecular weight excluding hydrogens is 215 g/mol. The van der Waals surface area contributed by atoms with Crippen LogP contribution in [0.3, 0.4) is 0 Å². The van der Waals surface area contributed by atoms with Crippen LogP contribution in [0.1, 0.15) is 25.3 Å². The van der Waals surface area contributed by atoms with Gasteiger partial charge >= 0.3 is 0 Å². The Kier molecular flexibility index (Phi) is 3.63. The number of benzene rings is 1. The molecule has 2 rings (SSSR count). The van der Waals surface area contributed by atoms with E-state index in [0.717, 1.165) is 5.56 Å². The van der Waals surface area contributed by atoms with E-state index >= 15 is 0 Å². The molecule has 4 atom stereocenters. The van der Waals surface area contributed by atoms with Crippen LogP contribution in [0, 0.1) is 23.6 Å². The third kappa shape index (κ3) is 2.42. The molecule has 0 saturated heterocycles. The number of rotatable bonds is 2. The summed E-state index contributed by atoms with van der Waals surface area (Å²) < 4.78 is 12.9. The molecule has 0 aliphatic heterocycles. The molecule has 1 aromatic rings. The molecule has 1 aliphatic carbocycles. The maximum Gasteiger partial charge on any atom is 0.123 e. The summed E-state index contributed by atoms with van der Waals surface area (Å²) in [5.41, 5.74) is 1.12. The Bertz CT molecular complexity index is 396. The van der Waals surface area contributed by atoms with Crippen LogP contribution in [0.15, 0.2) is 36.4 Å². The quantitative estimate of drug-likeness (QED) is 0.778. The van der Waals surface area contributed by atoms with Gasteiger partial charge in [-0.15, -0.1) is 0 Å². The van der Waals surface area contributed by atoms with Crippen molar-refractivity contribution in [3.8, 4) is 0 Å². The Morgan fingerprint density at radius 3 is 2.24 bits per heavy atom. The van der Waals surface area contributed by atoms with Gasteiger partial charge in [0.1, 0.15) is 5.82 Å². The van der Waals surface area contributed by atoms with E-state index in [0.29, 0.717) is 11.8 Å². The predicted molar refractivity (Wildman–Crippen MR) is 67.2 cm³/mol. The van der Waals surface area contributed by atoms with E-state index < -0.39 is 0 Å². The highest BCUT2D eigenvalue weighted by atomic mass is 19.1. The van der Waals surface area contributed by atoms with Gasteiger partial charge < -0.3 is 5.11 Å². The van der Waals surface area contributed by atoms with Gasteiger partial charge in [0.25, 0.3) is 0 Å². The molecule has 0 radical (unpaired) electrons. The second kappa shape index (κ2) is 5.01. The van der Waals surface area contributed by atoms with Crippen molar-refractivity contribution in [3.05, 3.63) is 47.8 Å². The highest BCUT2D eigenvalue weighted by Gasteiger charge is 2.32. The molecule has 92 valence electrons. The van der Waals surface area contributed by atoms with Crippen LogP contribution in [-0.2, 0) is 0 Å². The van der Waals surface area contributed by atoms with E-state index in [9.17, 15) is 9.50 Å². The molecule has 1 nitrogen and oxygen atoms in total. The minimum atomic E-state index is -0.207. The molecule has 0 saturated carbocycles. The van der Waals surface area contributed by atoms with Gasteiger partial charge in [-0.3, -0.25) is 0 Å². The van der Waals surface area contributed by atoms with Crippen molar-refractivity contribution in [2.75, 3.05) is 6.61 Å². The Labute approximate surface area is 102 Å². The lowest BCUT2D eigenvalue weighted by molar-refractivity contribution is 0.153. The summed E-state index contributed by atoms with van der Waals surface area (Å²) in [6.07, 6.45) is 4.37. The largest absolute Gasteiger partial charge is 0.396 e. The number of aliphatic hydroxyl groups excluding tert-OH is 1. The smallest absolute Gasteiger partial charge is 0.123 e.